The van der Waals surface area contributed by atoms with Gasteiger partial charge in [0, 0.05) is 44.5 Å². The van der Waals surface area contributed by atoms with Crippen LogP contribution < -0.4 is 10.2 Å². The highest BCUT2D eigenvalue weighted by atomic mass is 16.1. The lowest BCUT2D eigenvalue weighted by molar-refractivity contribution is -0.125. The summed E-state index contributed by atoms with van der Waals surface area (Å²) in [4.78, 5) is 25.4. The molecule has 25 heavy (non-hydrogen) atoms. The van der Waals surface area contributed by atoms with Crippen LogP contribution in [0.5, 0.6) is 0 Å². The normalized spacial score (nSPS) is 16.6. The Morgan fingerprint density at radius 2 is 2.12 bits per heavy atom. The molecular formula is C17H25N7O. The molecule has 1 aliphatic heterocycles. The molecule has 1 fully saturated rings. The molecule has 3 heterocycles. The van der Waals surface area contributed by atoms with Crippen molar-refractivity contribution in [3.63, 3.8) is 0 Å². The summed E-state index contributed by atoms with van der Waals surface area (Å²) in [6.45, 7) is 6.85. The first-order chi connectivity index (χ1) is 12.1. The molecule has 8 nitrogen and oxygen atoms in total. The van der Waals surface area contributed by atoms with E-state index in [1.807, 2.05) is 25.3 Å². The second-order valence-corrected chi connectivity index (χ2v) is 6.51. The monoisotopic (exact) mass is 343 g/mol. The van der Waals surface area contributed by atoms with Gasteiger partial charge in [-0.1, -0.05) is 13.0 Å². The average molecular weight is 343 g/mol. The van der Waals surface area contributed by atoms with Crippen molar-refractivity contribution >= 4 is 11.7 Å². The van der Waals surface area contributed by atoms with E-state index in [1.54, 1.807) is 11.0 Å². The lowest BCUT2D eigenvalue weighted by Crippen LogP contribution is -2.45. The molecule has 3 rings (SSSR count). The fraction of sp³-hybridized carbons (Fsp3) is 0.529. The minimum atomic E-state index is -0.176. The second-order valence-electron chi connectivity index (χ2n) is 6.51. The average Bonchev–Trinajstić information content (AvgIpc) is 3.13. The van der Waals surface area contributed by atoms with E-state index in [0.717, 1.165) is 37.6 Å². The maximum absolute atomic E-state index is 12.4. The van der Waals surface area contributed by atoms with Gasteiger partial charge in [0.15, 0.2) is 0 Å². The van der Waals surface area contributed by atoms with E-state index in [1.165, 1.54) is 6.33 Å². The van der Waals surface area contributed by atoms with Crippen molar-refractivity contribution in [2.75, 3.05) is 38.1 Å². The van der Waals surface area contributed by atoms with Crippen LogP contribution in [-0.4, -0.2) is 63.8 Å². The summed E-state index contributed by atoms with van der Waals surface area (Å²) >= 11 is 0. The van der Waals surface area contributed by atoms with Crippen molar-refractivity contribution in [3.8, 4) is 0 Å². The molecule has 2 aromatic heterocycles. The van der Waals surface area contributed by atoms with Crippen LogP contribution >= 0.6 is 0 Å². The first-order valence-corrected chi connectivity index (χ1v) is 8.61. The highest BCUT2D eigenvalue weighted by Crippen LogP contribution is 2.18. The Kier molecular flexibility index (Phi) is 5.60. The number of hydrogen-bond acceptors (Lipinski definition) is 6. The van der Waals surface area contributed by atoms with Crippen LogP contribution in [-0.2, 0) is 17.9 Å². The van der Waals surface area contributed by atoms with Crippen molar-refractivity contribution in [1.29, 1.82) is 0 Å². The SMILES string of the molecule is CC(Cn1cncn1)C(=O)NCc1cccnc1N1CCN(C)CC1. The van der Waals surface area contributed by atoms with E-state index in [-0.39, 0.29) is 11.8 Å². The molecule has 2 aromatic rings. The zero-order valence-corrected chi connectivity index (χ0v) is 14.8. The van der Waals surface area contributed by atoms with Gasteiger partial charge in [-0.25, -0.2) is 9.97 Å². The smallest absolute Gasteiger partial charge is 0.224 e. The number of hydrogen-bond donors (Lipinski definition) is 1. The van der Waals surface area contributed by atoms with Crippen LogP contribution in [0, 0.1) is 5.92 Å². The van der Waals surface area contributed by atoms with Crippen LogP contribution in [0.25, 0.3) is 0 Å². The van der Waals surface area contributed by atoms with E-state index in [9.17, 15) is 4.79 Å². The van der Waals surface area contributed by atoms with Gasteiger partial charge >= 0.3 is 0 Å². The number of carbonyl (C=O) groups is 1. The Labute approximate surface area is 147 Å². The van der Waals surface area contributed by atoms with Crippen molar-refractivity contribution in [3.05, 3.63) is 36.5 Å². The van der Waals surface area contributed by atoms with Gasteiger partial charge in [0.1, 0.15) is 18.5 Å². The topological polar surface area (TPSA) is 79.2 Å². The quantitative estimate of drug-likeness (QED) is 0.817. The van der Waals surface area contributed by atoms with Crippen molar-refractivity contribution in [2.24, 2.45) is 5.92 Å². The number of carbonyl (C=O) groups excluding carboxylic acids is 1. The third-order valence-electron chi connectivity index (χ3n) is 4.50. The predicted octanol–water partition coefficient (Wildman–Crippen LogP) is 0.377. The Bertz CT molecular complexity index is 680. The van der Waals surface area contributed by atoms with E-state index >= 15 is 0 Å². The summed E-state index contributed by atoms with van der Waals surface area (Å²) in [6, 6.07) is 3.95. The van der Waals surface area contributed by atoms with Crippen LogP contribution in [0.4, 0.5) is 5.82 Å². The standard InChI is InChI=1S/C17H25N7O/c1-14(11-24-13-18-12-21-24)17(25)20-10-15-4-3-5-19-16(15)23-8-6-22(2)7-9-23/h3-5,12-14H,6-11H2,1-2H3,(H,20,25). The summed E-state index contributed by atoms with van der Waals surface area (Å²) in [5.41, 5.74) is 1.05. The van der Waals surface area contributed by atoms with Crippen LogP contribution in [0.2, 0.25) is 0 Å². The number of piperazine rings is 1. The Morgan fingerprint density at radius 3 is 2.84 bits per heavy atom. The van der Waals surface area contributed by atoms with Crippen LogP contribution in [0.15, 0.2) is 31.0 Å². The van der Waals surface area contributed by atoms with Gasteiger partial charge in [0.2, 0.25) is 5.91 Å². The number of pyridine rings is 1. The van der Waals surface area contributed by atoms with Crippen molar-refractivity contribution in [1.82, 2.24) is 30.0 Å². The van der Waals surface area contributed by atoms with Crippen molar-refractivity contribution in [2.45, 2.75) is 20.0 Å². The van der Waals surface area contributed by atoms with Gasteiger partial charge in [-0.3, -0.25) is 9.48 Å². The third-order valence-corrected chi connectivity index (χ3v) is 4.50. The van der Waals surface area contributed by atoms with Gasteiger partial charge in [0.25, 0.3) is 0 Å². The molecule has 0 aliphatic carbocycles. The zero-order valence-electron chi connectivity index (χ0n) is 14.8. The molecule has 0 spiro atoms. The minimum absolute atomic E-state index is 0.00341. The molecule has 0 radical (unpaired) electrons. The Hall–Kier alpha value is -2.48. The van der Waals surface area contributed by atoms with Crippen molar-refractivity contribution < 1.29 is 4.79 Å². The van der Waals surface area contributed by atoms with E-state index in [0.29, 0.717) is 13.1 Å². The van der Waals surface area contributed by atoms with E-state index < -0.39 is 0 Å². The van der Waals surface area contributed by atoms with E-state index in [4.69, 9.17) is 0 Å². The first-order valence-electron chi connectivity index (χ1n) is 8.61. The fourth-order valence-electron chi connectivity index (χ4n) is 2.92. The molecule has 1 unspecified atom stereocenters. The molecule has 134 valence electrons. The fourth-order valence-corrected chi connectivity index (χ4v) is 2.92. The zero-order chi connectivity index (χ0) is 17.6. The Morgan fingerprint density at radius 1 is 1.32 bits per heavy atom. The molecule has 0 aromatic carbocycles. The molecule has 1 N–H and O–H groups in total. The highest BCUT2D eigenvalue weighted by Gasteiger charge is 2.19. The number of nitrogens with zero attached hydrogens (tertiary/aromatic N) is 6. The summed E-state index contributed by atoms with van der Waals surface area (Å²) in [5, 5.41) is 7.07. The largest absolute Gasteiger partial charge is 0.354 e. The van der Waals surface area contributed by atoms with E-state index in [2.05, 4.69) is 37.2 Å². The van der Waals surface area contributed by atoms with Crippen LogP contribution in [0.3, 0.4) is 0 Å². The number of nitrogens with one attached hydrogen (secondary N) is 1. The number of amides is 1. The molecule has 1 aliphatic rings. The number of likely N-dealkylation sites (N-methyl/N-ethyl adjacent to an activating group) is 1. The van der Waals surface area contributed by atoms with Crippen LogP contribution in [0.1, 0.15) is 12.5 Å². The maximum atomic E-state index is 12.4. The lowest BCUT2D eigenvalue weighted by atomic mass is 10.1. The molecule has 0 bridgehead atoms. The number of anilines is 1. The lowest BCUT2D eigenvalue weighted by Gasteiger charge is -2.34. The molecular weight excluding hydrogens is 318 g/mol. The first kappa shape index (κ1) is 17.3. The highest BCUT2D eigenvalue weighted by molar-refractivity contribution is 5.78. The minimum Gasteiger partial charge on any atom is -0.354 e. The maximum Gasteiger partial charge on any atom is 0.224 e. The summed E-state index contributed by atoms with van der Waals surface area (Å²) in [6.07, 6.45) is 4.91. The molecule has 1 amide bonds. The number of rotatable bonds is 6. The third kappa shape index (κ3) is 4.54. The van der Waals surface area contributed by atoms with Gasteiger partial charge in [-0.15, -0.1) is 0 Å². The summed E-state index contributed by atoms with van der Waals surface area (Å²) < 4.78 is 1.67. The van der Waals surface area contributed by atoms with Gasteiger partial charge in [-0.05, 0) is 13.1 Å². The summed E-state index contributed by atoms with van der Waals surface area (Å²) in [7, 11) is 2.13. The van der Waals surface area contributed by atoms with Gasteiger partial charge in [-0.2, -0.15) is 5.10 Å². The second kappa shape index (κ2) is 8.06. The summed E-state index contributed by atoms with van der Waals surface area (Å²) in [5.74, 6) is 0.800. The van der Waals surface area contributed by atoms with Gasteiger partial charge < -0.3 is 15.1 Å². The molecule has 1 saturated heterocycles. The molecule has 1 atom stereocenters. The Balaban J connectivity index is 1.58. The molecule has 8 heteroatoms. The molecule has 0 saturated carbocycles. The van der Waals surface area contributed by atoms with Gasteiger partial charge in [0.05, 0.1) is 12.5 Å². The number of aromatic nitrogens is 4. The predicted molar refractivity (Wildman–Crippen MR) is 95.0 cm³/mol.